The molecule has 0 amide bonds. The molecule has 0 aliphatic carbocycles. The molecular weight excluding hydrogens is 272 g/mol. The fraction of sp³-hybridized carbons (Fsp3) is 0.438. The summed E-state index contributed by atoms with van der Waals surface area (Å²) >= 11 is 0. The molecule has 0 saturated heterocycles. The van der Waals surface area contributed by atoms with Crippen LogP contribution in [-0.4, -0.2) is 15.1 Å². The predicted molar refractivity (Wildman–Crippen MR) is 78.9 cm³/mol. The van der Waals surface area contributed by atoms with Crippen LogP contribution in [0.25, 0.3) is 0 Å². The van der Waals surface area contributed by atoms with Gasteiger partial charge >= 0.3 is 0 Å². The smallest absolute Gasteiger partial charge is 0.126 e. The molecule has 1 N–H and O–H groups in total. The highest BCUT2D eigenvalue weighted by Gasteiger charge is 2.10. The average molecular weight is 293 g/mol. The van der Waals surface area contributed by atoms with E-state index in [2.05, 4.69) is 31.1 Å². The van der Waals surface area contributed by atoms with Crippen molar-refractivity contribution >= 4 is 0 Å². The number of aryl methyl sites for hydroxylation is 2. The second kappa shape index (κ2) is 6.35. The molecule has 2 rings (SSSR count). The zero-order valence-electron chi connectivity index (χ0n) is 12.7. The summed E-state index contributed by atoms with van der Waals surface area (Å²) in [4.78, 5) is 4.15. The van der Waals surface area contributed by atoms with Gasteiger partial charge in [-0.3, -0.25) is 0 Å². The first-order valence-corrected chi connectivity index (χ1v) is 7.02. The van der Waals surface area contributed by atoms with Crippen molar-refractivity contribution in [3.05, 3.63) is 53.6 Å². The quantitative estimate of drug-likeness (QED) is 0.916. The highest BCUT2D eigenvalue weighted by molar-refractivity contribution is 5.18. The largest absolute Gasteiger partial charge is 0.333 e. The fourth-order valence-electron chi connectivity index (χ4n) is 2.06. The predicted octanol–water partition coefficient (Wildman–Crippen LogP) is 3.29. The van der Waals surface area contributed by atoms with Crippen molar-refractivity contribution in [2.45, 2.75) is 45.8 Å². The Morgan fingerprint density at radius 3 is 2.43 bits per heavy atom. The van der Waals surface area contributed by atoms with Gasteiger partial charge in [0.05, 0.1) is 12.0 Å². The number of hydrogen-bond donors (Lipinski definition) is 1. The second-order valence-corrected chi connectivity index (χ2v) is 6.21. The highest BCUT2D eigenvalue weighted by Crippen LogP contribution is 2.11. The van der Waals surface area contributed by atoms with Crippen molar-refractivity contribution in [3.63, 3.8) is 0 Å². The summed E-state index contributed by atoms with van der Waals surface area (Å²) in [7, 11) is 0. The SMILES string of the molecule is CC(C)(C)NCc1cncn1CCc1cc(F)cc(F)c1. The van der Waals surface area contributed by atoms with Gasteiger partial charge in [0.2, 0.25) is 0 Å². The van der Waals surface area contributed by atoms with Crippen LogP contribution < -0.4 is 5.32 Å². The molecule has 0 aliphatic heterocycles. The Balaban J connectivity index is 1.99. The normalized spacial score (nSPS) is 11.9. The molecule has 3 nitrogen and oxygen atoms in total. The summed E-state index contributed by atoms with van der Waals surface area (Å²) in [5.41, 5.74) is 1.73. The summed E-state index contributed by atoms with van der Waals surface area (Å²) < 4.78 is 28.3. The van der Waals surface area contributed by atoms with E-state index in [-0.39, 0.29) is 5.54 Å². The van der Waals surface area contributed by atoms with Crippen LogP contribution in [0.2, 0.25) is 0 Å². The zero-order valence-corrected chi connectivity index (χ0v) is 12.7. The van der Waals surface area contributed by atoms with Crippen LogP contribution in [0.1, 0.15) is 32.0 Å². The number of nitrogens with zero attached hydrogens (tertiary/aromatic N) is 2. The minimum absolute atomic E-state index is 0.0286. The maximum absolute atomic E-state index is 13.2. The van der Waals surface area contributed by atoms with E-state index < -0.39 is 11.6 Å². The Labute approximate surface area is 124 Å². The molecule has 0 fully saturated rings. The Kier molecular flexibility index (Phi) is 4.73. The first kappa shape index (κ1) is 15.6. The molecule has 0 saturated carbocycles. The van der Waals surface area contributed by atoms with E-state index in [1.165, 1.54) is 12.1 Å². The lowest BCUT2D eigenvalue weighted by Crippen LogP contribution is -2.35. The molecule has 1 aromatic heterocycles. The molecular formula is C16H21F2N3. The first-order valence-electron chi connectivity index (χ1n) is 7.02. The number of halogens is 2. The van der Waals surface area contributed by atoms with Crippen molar-refractivity contribution in [3.8, 4) is 0 Å². The van der Waals surface area contributed by atoms with Crippen molar-refractivity contribution in [1.82, 2.24) is 14.9 Å². The molecule has 0 radical (unpaired) electrons. The van der Waals surface area contributed by atoms with E-state index in [0.29, 0.717) is 25.1 Å². The lowest BCUT2D eigenvalue weighted by Gasteiger charge is -2.21. The molecule has 114 valence electrons. The average Bonchev–Trinajstić information content (AvgIpc) is 2.79. The third-order valence-electron chi connectivity index (χ3n) is 3.16. The first-order chi connectivity index (χ1) is 9.83. The molecule has 0 atom stereocenters. The van der Waals surface area contributed by atoms with Gasteiger partial charge in [-0.1, -0.05) is 0 Å². The van der Waals surface area contributed by atoms with Crippen LogP contribution in [0, 0.1) is 11.6 Å². The van der Waals surface area contributed by atoms with Gasteiger partial charge in [-0.2, -0.15) is 0 Å². The van der Waals surface area contributed by atoms with E-state index in [0.717, 1.165) is 11.8 Å². The number of rotatable bonds is 5. The van der Waals surface area contributed by atoms with Crippen LogP contribution in [0.5, 0.6) is 0 Å². The van der Waals surface area contributed by atoms with Crippen LogP contribution in [0.4, 0.5) is 8.78 Å². The van der Waals surface area contributed by atoms with Gasteiger partial charge in [0.25, 0.3) is 0 Å². The molecule has 1 aromatic carbocycles. The minimum Gasteiger partial charge on any atom is -0.333 e. The van der Waals surface area contributed by atoms with Crippen LogP contribution in [0.15, 0.2) is 30.7 Å². The number of imidazole rings is 1. The zero-order chi connectivity index (χ0) is 15.5. The van der Waals surface area contributed by atoms with Crippen LogP contribution in [0.3, 0.4) is 0 Å². The molecule has 0 spiro atoms. The van der Waals surface area contributed by atoms with Crippen molar-refractivity contribution in [1.29, 1.82) is 0 Å². The van der Waals surface area contributed by atoms with Gasteiger partial charge in [0, 0.05) is 30.9 Å². The van der Waals surface area contributed by atoms with Crippen molar-refractivity contribution in [2.75, 3.05) is 0 Å². The summed E-state index contributed by atoms with van der Waals surface area (Å²) in [6.07, 6.45) is 4.12. The molecule has 5 heteroatoms. The molecule has 0 bridgehead atoms. The number of benzene rings is 1. The summed E-state index contributed by atoms with van der Waals surface area (Å²) in [6.45, 7) is 7.65. The molecule has 21 heavy (non-hydrogen) atoms. The van der Waals surface area contributed by atoms with Gasteiger partial charge in [-0.15, -0.1) is 0 Å². The Morgan fingerprint density at radius 1 is 1.14 bits per heavy atom. The van der Waals surface area contributed by atoms with Crippen molar-refractivity contribution < 1.29 is 8.78 Å². The van der Waals surface area contributed by atoms with E-state index in [9.17, 15) is 8.78 Å². The molecule has 1 heterocycles. The van der Waals surface area contributed by atoms with Gasteiger partial charge in [-0.05, 0) is 44.9 Å². The van der Waals surface area contributed by atoms with Gasteiger partial charge in [0.1, 0.15) is 11.6 Å². The summed E-state index contributed by atoms with van der Waals surface area (Å²) in [6, 6.07) is 3.62. The Morgan fingerprint density at radius 2 is 1.81 bits per heavy atom. The third kappa shape index (κ3) is 4.93. The molecule has 2 aromatic rings. The van der Waals surface area contributed by atoms with Gasteiger partial charge < -0.3 is 9.88 Å². The van der Waals surface area contributed by atoms with E-state index in [1.807, 2.05) is 10.8 Å². The summed E-state index contributed by atoms with van der Waals surface area (Å²) in [5.74, 6) is -1.07. The fourth-order valence-corrected chi connectivity index (χ4v) is 2.06. The number of hydrogen-bond acceptors (Lipinski definition) is 2. The molecule has 0 unspecified atom stereocenters. The van der Waals surface area contributed by atoms with Crippen molar-refractivity contribution in [2.24, 2.45) is 0 Å². The highest BCUT2D eigenvalue weighted by atomic mass is 19.1. The summed E-state index contributed by atoms with van der Waals surface area (Å²) in [5, 5.41) is 3.40. The topological polar surface area (TPSA) is 29.9 Å². The van der Waals surface area contributed by atoms with E-state index in [4.69, 9.17) is 0 Å². The standard InChI is InChI=1S/C16H21F2N3/c1-16(2,3)20-10-15-9-19-11-21(15)5-4-12-6-13(17)8-14(18)7-12/h6-9,11,20H,4-5,10H2,1-3H3. The van der Waals surface area contributed by atoms with E-state index >= 15 is 0 Å². The number of aromatic nitrogens is 2. The maximum atomic E-state index is 13.2. The Bertz CT molecular complexity index is 580. The third-order valence-corrected chi connectivity index (χ3v) is 3.16. The van der Waals surface area contributed by atoms with Gasteiger partial charge in [0.15, 0.2) is 0 Å². The van der Waals surface area contributed by atoms with Gasteiger partial charge in [-0.25, -0.2) is 13.8 Å². The second-order valence-electron chi connectivity index (χ2n) is 6.21. The van der Waals surface area contributed by atoms with E-state index in [1.54, 1.807) is 6.33 Å². The monoisotopic (exact) mass is 293 g/mol. The number of nitrogens with one attached hydrogen (secondary N) is 1. The lowest BCUT2D eigenvalue weighted by atomic mass is 10.1. The van der Waals surface area contributed by atoms with Crippen LogP contribution >= 0.6 is 0 Å². The lowest BCUT2D eigenvalue weighted by molar-refractivity contribution is 0.415. The minimum atomic E-state index is -0.537. The molecule has 0 aliphatic rings. The van der Waals surface area contributed by atoms with Crippen LogP contribution in [-0.2, 0) is 19.5 Å². The Hall–Kier alpha value is -1.75. The maximum Gasteiger partial charge on any atom is 0.126 e.